The van der Waals surface area contributed by atoms with Crippen molar-refractivity contribution in [2.24, 2.45) is 0 Å². The van der Waals surface area contributed by atoms with Crippen LogP contribution in [0.2, 0.25) is 0 Å². The molecule has 0 aromatic carbocycles. The van der Waals surface area contributed by atoms with E-state index >= 15 is 0 Å². The summed E-state index contributed by atoms with van der Waals surface area (Å²) in [7, 11) is -3.83. The van der Waals surface area contributed by atoms with Gasteiger partial charge >= 0.3 is 154 Å². The molecule has 0 amide bonds. The van der Waals surface area contributed by atoms with E-state index in [0.29, 0.717) is 0 Å². The van der Waals surface area contributed by atoms with E-state index in [1.807, 2.05) is 0 Å². The minimum absolute atomic E-state index is 0. The summed E-state index contributed by atoms with van der Waals surface area (Å²) in [5.74, 6) is 0. The Bertz CT molecular complexity index is 110. The van der Waals surface area contributed by atoms with Crippen LogP contribution in [-0.4, -0.2) is 13.3 Å². The van der Waals surface area contributed by atoms with Crippen LogP contribution in [0.1, 0.15) is 4.28 Å². The Hall–Kier alpha value is 5.94. The third-order valence-corrected chi connectivity index (χ3v) is 0. The molecule has 0 bridgehead atoms. The van der Waals surface area contributed by atoms with Crippen LogP contribution in [0.15, 0.2) is 0 Å². The van der Waals surface area contributed by atoms with Gasteiger partial charge in [-0.25, -0.2) is 0 Å². The maximum atomic E-state index is 9.11. The first-order chi connectivity index (χ1) is 2.00. The SMILES string of the molecule is O=S(O)(O)=S.[Au].[H-].[H-].[H-].[K+].[K+].[K+]. The van der Waals surface area contributed by atoms with Crippen molar-refractivity contribution in [3.63, 3.8) is 0 Å². The van der Waals surface area contributed by atoms with Gasteiger partial charge in [-0.05, 0) is 0 Å². The molecule has 49 valence electrons. The molecule has 9 heteroatoms. The van der Waals surface area contributed by atoms with Crippen LogP contribution in [0.4, 0.5) is 0 Å². The number of hydrogen-bond donors (Lipinski definition) is 2. The van der Waals surface area contributed by atoms with Gasteiger partial charge < -0.3 is 4.28 Å². The molecule has 0 fully saturated rings. The minimum atomic E-state index is -3.83. The number of hydrogen-bond acceptors (Lipinski definition) is 2. The van der Waals surface area contributed by atoms with E-state index in [0.717, 1.165) is 0 Å². The topological polar surface area (TPSA) is 57.5 Å². The van der Waals surface area contributed by atoms with E-state index in [2.05, 4.69) is 11.2 Å². The van der Waals surface area contributed by atoms with Gasteiger partial charge in [0.05, 0.1) is 0 Å². The molecule has 3 nitrogen and oxygen atoms in total. The fraction of sp³-hybridized carbons (Fsp3) is 0. The van der Waals surface area contributed by atoms with Crippen LogP contribution in [-0.2, 0) is 42.6 Å². The average Bonchev–Trinajstić information content (AvgIpc) is 0.722. The fourth-order valence-electron chi connectivity index (χ4n) is 0. The molecule has 0 rings (SSSR count). The van der Waals surface area contributed by atoms with Crippen molar-refractivity contribution in [1.29, 1.82) is 0 Å². The smallest absolute Gasteiger partial charge is 1.00 e. The molecule has 0 heterocycles. The van der Waals surface area contributed by atoms with E-state index in [4.69, 9.17) is 13.3 Å². The standard InChI is InChI=1S/Au.3K.H2O3S2.3H/c;;;;1-5(2,3)4;;;/h;;;;(H2,1,2,3,4);;;/q;3*+1;;3*-1. The molecule has 0 aromatic heterocycles. The van der Waals surface area contributed by atoms with Crippen LogP contribution in [0, 0.1) is 0 Å². The molecule has 0 saturated carbocycles. The van der Waals surface area contributed by atoms with Gasteiger partial charge in [0.15, 0.2) is 0 Å². The van der Waals surface area contributed by atoms with Crippen LogP contribution in [0.5, 0.6) is 0 Å². The summed E-state index contributed by atoms with van der Waals surface area (Å²) in [5, 5.41) is 0. The third kappa shape index (κ3) is 56.3. The molecule has 0 saturated heterocycles. The van der Waals surface area contributed by atoms with Crippen LogP contribution >= 0.6 is 0 Å². The largest absolute Gasteiger partial charge is 1.00 e. The Morgan fingerprint density at radius 1 is 1.22 bits per heavy atom. The van der Waals surface area contributed by atoms with Crippen LogP contribution in [0.3, 0.4) is 0 Å². The van der Waals surface area contributed by atoms with Crippen molar-refractivity contribution in [2.75, 3.05) is 0 Å². The van der Waals surface area contributed by atoms with Crippen molar-refractivity contribution in [2.45, 2.75) is 0 Å². The second-order valence-corrected chi connectivity index (χ2v) is 2.65. The minimum Gasteiger partial charge on any atom is -1.00 e. The Labute approximate surface area is 207 Å². The first-order valence-electron chi connectivity index (χ1n) is 0.698. The Balaban J connectivity index is -0.00000000381. The van der Waals surface area contributed by atoms with Crippen molar-refractivity contribution in [3.8, 4) is 0 Å². The van der Waals surface area contributed by atoms with Crippen molar-refractivity contribution in [3.05, 3.63) is 0 Å². The second kappa shape index (κ2) is 16.4. The average molecular weight is 431 g/mol. The summed E-state index contributed by atoms with van der Waals surface area (Å²) in [6, 6.07) is 0. The monoisotopic (exact) mass is 431 g/mol. The fourth-order valence-corrected chi connectivity index (χ4v) is 0. The zero-order valence-corrected chi connectivity index (χ0v) is 18.6. The molecule has 9 heavy (non-hydrogen) atoms. The van der Waals surface area contributed by atoms with E-state index in [1.165, 1.54) is 0 Å². The summed E-state index contributed by atoms with van der Waals surface area (Å²) in [6.07, 6.45) is 0. The molecule has 1 radical (unpaired) electrons. The molecular weight excluding hydrogens is 426 g/mol. The summed E-state index contributed by atoms with van der Waals surface area (Å²) in [5.41, 5.74) is 0. The molecule has 0 aromatic rings. The van der Waals surface area contributed by atoms with Crippen molar-refractivity contribution < 1.29 is 194 Å². The first-order valence-corrected chi connectivity index (χ1v) is 3.10. The molecule has 0 atom stereocenters. The summed E-state index contributed by atoms with van der Waals surface area (Å²) >= 11 is 3.47. The van der Waals surface area contributed by atoms with E-state index < -0.39 is 9.05 Å². The van der Waals surface area contributed by atoms with Crippen molar-refractivity contribution in [1.82, 2.24) is 0 Å². The summed E-state index contributed by atoms with van der Waals surface area (Å²) in [6.45, 7) is 0. The van der Waals surface area contributed by atoms with Crippen LogP contribution < -0.4 is 154 Å². The molecule has 0 aliphatic rings. The normalized spacial score (nSPS) is 6.44. The second-order valence-electron chi connectivity index (χ2n) is 0.448. The van der Waals surface area contributed by atoms with Gasteiger partial charge in [0.1, 0.15) is 0 Å². The Morgan fingerprint density at radius 2 is 1.22 bits per heavy atom. The summed E-state index contributed by atoms with van der Waals surface area (Å²) in [4.78, 5) is 0. The van der Waals surface area contributed by atoms with Gasteiger partial charge in [0.2, 0.25) is 0 Å². The third-order valence-electron chi connectivity index (χ3n) is 0. The van der Waals surface area contributed by atoms with E-state index in [9.17, 15) is 0 Å². The molecular formula is H5AuK3O3S2. The Morgan fingerprint density at radius 3 is 1.22 bits per heavy atom. The van der Waals surface area contributed by atoms with Crippen LogP contribution in [0.25, 0.3) is 0 Å². The molecule has 0 aliphatic carbocycles. The van der Waals surface area contributed by atoms with Gasteiger partial charge in [-0.2, -0.15) is 4.21 Å². The van der Waals surface area contributed by atoms with E-state index in [1.54, 1.807) is 0 Å². The quantitative estimate of drug-likeness (QED) is 0.374. The molecule has 0 aliphatic heterocycles. The predicted molar refractivity (Wildman–Crippen MR) is 24.1 cm³/mol. The maximum Gasteiger partial charge on any atom is 1.00 e. The zero-order chi connectivity index (χ0) is 4.50. The van der Waals surface area contributed by atoms with Gasteiger partial charge in [0, 0.05) is 33.6 Å². The molecule has 2 N–H and O–H groups in total. The summed E-state index contributed by atoms with van der Waals surface area (Å²) < 4.78 is 24.0. The maximum absolute atomic E-state index is 9.11. The Kier molecular flexibility index (Phi) is 53.5. The van der Waals surface area contributed by atoms with E-state index in [-0.39, 0.29) is 181 Å². The van der Waals surface area contributed by atoms with Gasteiger partial charge in [0.25, 0.3) is 9.05 Å². The number of rotatable bonds is 0. The molecule has 0 spiro atoms. The predicted octanol–water partition coefficient (Wildman–Crippen LogP) is -8.97. The van der Waals surface area contributed by atoms with Gasteiger partial charge in [-0.3, -0.25) is 9.11 Å². The molecule has 0 unspecified atom stereocenters. The van der Waals surface area contributed by atoms with Gasteiger partial charge in [-0.1, -0.05) is 0 Å². The first kappa shape index (κ1) is 29.4. The van der Waals surface area contributed by atoms with Gasteiger partial charge in [-0.15, -0.1) is 0 Å². The zero-order valence-electron chi connectivity index (χ0n) is 8.42. The van der Waals surface area contributed by atoms with Crippen molar-refractivity contribution >= 4 is 20.2 Å².